The third-order valence-electron chi connectivity index (χ3n) is 5.13. The summed E-state index contributed by atoms with van der Waals surface area (Å²) in [7, 11) is 1.55. The fraction of sp³-hybridized carbons (Fsp3) is 0.333. The molecule has 0 bridgehead atoms. The van der Waals surface area contributed by atoms with Gasteiger partial charge >= 0.3 is 0 Å². The lowest BCUT2D eigenvalue weighted by atomic mass is 10.0. The van der Waals surface area contributed by atoms with Gasteiger partial charge in [0.05, 0.1) is 24.1 Å². The molecule has 0 unspecified atom stereocenters. The smallest absolute Gasteiger partial charge is 0.258 e. The predicted octanol–water partition coefficient (Wildman–Crippen LogP) is 2.35. The SMILES string of the molecule is COCCN(Cc1nc2ccccc2c(=O)[nH]1)C(=O)[C@H](NC(=O)c1ccccc1)C(C)C. The van der Waals surface area contributed by atoms with Crippen molar-refractivity contribution in [3.05, 3.63) is 76.3 Å². The Morgan fingerprint density at radius 1 is 1.09 bits per heavy atom. The monoisotopic (exact) mass is 436 g/mol. The van der Waals surface area contributed by atoms with Crippen LogP contribution in [0.1, 0.15) is 30.0 Å². The maximum atomic E-state index is 13.4. The molecule has 8 heteroatoms. The third-order valence-corrected chi connectivity index (χ3v) is 5.13. The average molecular weight is 437 g/mol. The molecule has 8 nitrogen and oxygen atoms in total. The number of amides is 2. The number of methoxy groups -OCH3 is 1. The van der Waals surface area contributed by atoms with Crippen molar-refractivity contribution in [2.45, 2.75) is 26.4 Å². The molecule has 0 saturated carbocycles. The van der Waals surface area contributed by atoms with Crippen LogP contribution in [0.3, 0.4) is 0 Å². The molecule has 0 radical (unpaired) electrons. The van der Waals surface area contributed by atoms with Crippen LogP contribution in [-0.4, -0.2) is 53.0 Å². The van der Waals surface area contributed by atoms with Crippen LogP contribution < -0.4 is 10.9 Å². The van der Waals surface area contributed by atoms with Crippen molar-refractivity contribution in [1.82, 2.24) is 20.2 Å². The fourth-order valence-electron chi connectivity index (χ4n) is 3.38. The van der Waals surface area contributed by atoms with Crippen molar-refractivity contribution < 1.29 is 14.3 Å². The summed E-state index contributed by atoms with van der Waals surface area (Å²) in [6.07, 6.45) is 0. The summed E-state index contributed by atoms with van der Waals surface area (Å²) in [6, 6.07) is 15.1. The summed E-state index contributed by atoms with van der Waals surface area (Å²) >= 11 is 0. The standard InChI is InChI=1S/C24H28N4O4/c1-16(2)21(27-22(29)17-9-5-4-6-10-17)24(31)28(13-14-32-3)15-20-25-19-12-8-7-11-18(19)23(30)26-20/h4-12,16,21H,13-15H2,1-3H3,(H,27,29)(H,25,26,30)/t21-/m1/s1. The predicted molar refractivity (Wildman–Crippen MR) is 122 cm³/mol. The molecule has 1 heterocycles. The quantitative estimate of drug-likeness (QED) is 0.536. The topological polar surface area (TPSA) is 104 Å². The Morgan fingerprint density at radius 3 is 2.47 bits per heavy atom. The van der Waals surface area contributed by atoms with Crippen LogP contribution in [0.2, 0.25) is 0 Å². The first-order valence-corrected chi connectivity index (χ1v) is 10.5. The molecule has 1 atom stereocenters. The number of nitrogens with zero attached hydrogens (tertiary/aromatic N) is 2. The summed E-state index contributed by atoms with van der Waals surface area (Å²) in [5.74, 6) is -0.363. The summed E-state index contributed by atoms with van der Waals surface area (Å²) in [4.78, 5) is 47.4. The van der Waals surface area contributed by atoms with Gasteiger partial charge in [-0.3, -0.25) is 14.4 Å². The molecule has 2 N–H and O–H groups in total. The first-order valence-electron chi connectivity index (χ1n) is 10.5. The number of benzene rings is 2. The number of hydrogen-bond donors (Lipinski definition) is 2. The summed E-state index contributed by atoms with van der Waals surface area (Å²) in [5.41, 5.74) is 0.778. The lowest BCUT2D eigenvalue weighted by Crippen LogP contribution is -2.51. The Labute approximate surface area is 186 Å². The number of fused-ring (bicyclic) bond motifs is 1. The Morgan fingerprint density at radius 2 is 1.78 bits per heavy atom. The number of hydrogen-bond acceptors (Lipinski definition) is 5. The van der Waals surface area contributed by atoms with Gasteiger partial charge in [0.1, 0.15) is 11.9 Å². The molecule has 32 heavy (non-hydrogen) atoms. The molecule has 3 rings (SSSR count). The Kier molecular flexibility index (Phi) is 7.72. The third kappa shape index (κ3) is 5.59. The van der Waals surface area contributed by atoms with E-state index in [2.05, 4.69) is 15.3 Å². The van der Waals surface area contributed by atoms with E-state index in [9.17, 15) is 14.4 Å². The zero-order valence-electron chi connectivity index (χ0n) is 18.5. The van der Waals surface area contributed by atoms with Gasteiger partial charge in [-0.1, -0.05) is 44.2 Å². The van der Waals surface area contributed by atoms with E-state index in [-0.39, 0.29) is 36.4 Å². The lowest BCUT2D eigenvalue weighted by molar-refractivity contribution is -0.135. The highest BCUT2D eigenvalue weighted by Crippen LogP contribution is 2.12. The van der Waals surface area contributed by atoms with Gasteiger partial charge in [0.15, 0.2) is 0 Å². The Bertz CT molecular complexity index is 1130. The van der Waals surface area contributed by atoms with Crippen molar-refractivity contribution in [3.63, 3.8) is 0 Å². The van der Waals surface area contributed by atoms with Crippen LogP contribution in [0, 0.1) is 5.92 Å². The Balaban J connectivity index is 1.85. The number of H-pyrrole nitrogens is 1. The molecule has 0 fully saturated rings. The minimum atomic E-state index is -0.744. The Hall–Kier alpha value is -3.52. The summed E-state index contributed by atoms with van der Waals surface area (Å²) in [5, 5.41) is 3.34. The molecule has 0 spiro atoms. The molecule has 2 aromatic carbocycles. The van der Waals surface area contributed by atoms with Crippen LogP contribution in [0.15, 0.2) is 59.4 Å². The first-order chi connectivity index (χ1) is 15.4. The molecule has 0 aliphatic rings. The minimum Gasteiger partial charge on any atom is -0.383 e. The lowest BCUT2D eigenvalue weighted by Gasteiger charge is -2.29. The number of aromatic amines is 1. The van der Waals surface area contributed by atoms with Crippen molar-refractivity contribution >= 4 is 22.7 Å². The molecular formula is C24H28N4O4. The van der Waals surface area contributed by atoms with Crippen LogP contribution >= 0.6 is 0 Å². The van der Waals surface area contributed by atoms with Crippen molar-refractivity contribution in [3.8, 4) is 0 Å². The van der Waals surface area contributed by atoms with Gasteiger partial charge in [0, 0.05) is 19.2 Å². The second-order valence-electron chi connectivity index (χ2n) is 7.84. The molecule has 0 aliphatic carbocycles. The molecule has 2 amide bonds. The minimum absolute atomic E-state index is 0.0900. The largest absolute Gasteiger partial charge is 0.383 e. The maximum Gasteiger partial charge on any atom is 0.258 e. The van der Waals surface area contributed by atoms with Gasteiger partial charge in [0.25, 0.3) is 11.5 Å². The highest BCUT2D eigenvalue weighted by Gasteiger charge is 2.29. The normalized spacial score (nSPS) is 12.0. The number of carbonyl (C=O) groups is 2. The van der Waals surface area contributed by atoms with E-state index < -0.39 is 6.04 Å². The van der Waals surface area contributed by atoms with Crippen LogP contribution in [0.5, 0.6) is 0 Å². The highest BCUT2D eigenvalue weighted by molar-refractivity contribution is 5.97. The van der Waals surface area contributed by atoms with Gasteiger partial charge in [-0.05, 0) is 30.2 Å². The first kappa shape index (κ1) is 23.1. The fourth-order valence-corrected chi connectivity index (χ4v) is 3.38. The van der Waals surface area contributed by atoms with E-state index in [0.717, 1.165) is 0 Å². The van der Waals surface area contributed by atoms with Crippen molar-refractivity contribution in [2.24, 2.45) is 5.92 Å². The molecule has 168 valence electrons. The second kappa shape index (κ2) is 10.7. The van der Waals surface area contributed by atoms with Gasteiger partial charge in [-0.2, -0.15) is 0 Å². The zero-order valence-corrected chi connectivity index (χ0v) is 18.5. The van der Waals surface area contributed by atoms with E-state index in [1.807, 2.05) is 19.9 Å². The molecule has 1 aromatic heterocycles. The van der Waals surface area contributed by atoms with Crippen molar-refractivity contribution in [2.75, 3.05) is 20.3 Å². The number of ether oxygens (including phenoxy) is 1. The number of nitrogens with one attached hydrogen (secondary N) is 2. The van der Waals surface area contributed by atoms with E-state index in [4.69, 9.17) is 4.74 Å². The van der Waals surface area contributed by atoms with Gasteiger partial charge in [0.2, 0.25) is 5.91 Å². The molecule has 0 aliphatic heterocycles. The van der Waals surface area contributed by atoms with Gasteiger partial charge in [-0.15, -0.1) is 0 Å². The summed E-state index contributed by atoms with van der Waals surface area (Å²) in [6.45, 7) is 4.43. The molecular weight excluding hydrogens is 408 g/mol. The van der Waals surface area contributed by atoms with Crippen LogP contribution in [0.25, 0.3) is 10.9 Å². The van der Waals surface area contributed by atoms with Crippen LogP contribution in [-0.2, 0) is 16.1 Å². The second-order valence-corrected chi connectivity index (χ2v) is 7.84. The molecule has 3 aromatic rings. The number of aromatic nitrogens is 2. The van der Waals surface area contributed by atoms with E-state index in [0.29, 0.717) is 28.9 Å². The van der Waals surface area contributed by atoms with E-state index in [1.165, 1.54) is 0 Å². The van der Waals surface area contributed by atoms with Crippen molar-refractivity contribution in [1.29, 1.82) is 0 Å². The number of carbonyl (C=O) groups excluding carboxylic acids is 2. The zero-order chi connectivity index (χ0) is 23.1. The van der Waals surface area contributed by atoms with Gasteiger partial charge in [-0.25, -0.2) is 4.98 Å². The average Bonchev–Trinajstić information content (AvgIpc) is 2.80. The molecule has 0 saturated heterocycles. The van der Waals surface area contributed by atoms with Crippen LogP contribution in [0.4, 0.5) is 0 Å². The highest BCUT2D eigenvalue weighted by atomic mass is 16.5. The number of rotatable bonds is 9. The number of para-hydroxylation sites is 1. The van der Waals surface area contributed by atoms with Gasteiger partial charge < -0.3 is 19.9 Å². The summed E-state index contributed by atoms with van der Waals surface area (Å²) < 4.78 is 5.17. The van der Waals surface area contributed by atoms with E-state index >= 15 is 0 Å². The maximum absolute atomic E-state index is 13.4. The van der Waals surface area contributed by atoms with E-state index in [1.54, 1.807) is 60.5 Å².